The van der Waals surface area contributed by atoms with Crippen LogP contribution in [0.15, 0.2) is 0 Å². The third-order valence-electron chi connectivity index (χ3n) is 4.16. The predicted octanol–water partition coefficient (Wildman–Crippen LogP) is 6.46. The van der Waals surface area contributed by atoms with Gasteiger partial charge in [0.2, 0.25) is 0 Å². The highest BCUT2D eigenvalue weighted by Crippen LogP contribution is 2.56. The smallest absolute Gasteiger partial charge is 0.303 e. The Kier molecular flexibility index (Phi) is 10.5. The van der Waals surface area contributed by atoms with Gasteiger partial charge in [-0.25, -0.2) is 4.57 Å². The molecule has 0 saturated heterocycles. The van der Waals surface area contributed by atoms with Crippen LogP contribution in [-0.4, -0.2) is 39.8 Å². The van der Waals surface area contributed by atoms with Crippen LogP contribution in [-0.2, 0) is 9.09 Å². The van der Waals surface area contributed by atoms with E-state index >= 15 is 0 Å². The summed E-state index contributed by atoms with van der Waals surface area (Å²) in [5, 5.41) is 0. The molecular weight excluding hydrogens is 446 g/mol. The molecule has 2 N–H and O–H groups in total. The Hall–Kier alpha value is -0.520. The van der Waals surface area contributed by atoms with E-state index < -0.39 is 50.7 Å². The highest BCUT2D eigenvalue weighted by molar-refractivity contribution is 7.46. The lowest BCUT2D eigenvalue weighted by molar-refractivity contribution is -0.405. The van der Waals surface area contributed by atoms with Gasteiger partial charge in [-0.05, 0) is 6.42 Å². The molecule has 0 fully saturated rings. The van der Waals surface area contributed by atoms with Gasteiger partial charge in [0, 0.05) is 0 Å². The monoisotopic (exact) mass is 470 g/mol. The van der Waals surface area contributed by atoms with Crippen molar-refractivity contribution in [2.45, 2.75) is 94.8 Å². The molecule has 0 saturated carbocycles. The van der Waals surface area contributed by atoms with E-state index in [0.29, 0.717) is 12.8 Å². The van der Waals surface area contributed by atoms with Gasteiger partial charge < -0.3 is 9.79 Å². The minimum absolute atomic E-state index is 0.102. The van der Waals surface area contributed by atoms with E-state index in [1.807, 2.05) is 6.92 Å². The van der Waals surface area contributed by atoms with Crippen molar-refractivity contribution in [3.63, 3.8) is 0 Å². The molecule has 0 aliphatic carbocycles. The first-order chi connectivity index (χ1) is 12.9. The molecule has 14 heteroatoms. The van der Waals surface area contributed by atoms with Crippen LogP contribution >= 0.6 is 7.82 Å². The number of hydrogen-bond donors (Lipinski definition) is 2. The molecule has 0 aromatic carbocycles. The lowest BCUT2D eigenvalue weighted by atomic mass is 9.95. The first-order valence-electron chi connectivity index (χ1n) is 8.86. The highest BCUT2D eigenvalue weighted by Gasteiger charge is 2.83. The second kappa shape index (κ2) is 10.7. The quantitative estimate of drug-likeness (QED) is 0.174. The van der Waals surface area contributed by atoms with Crippen LogP contribution in [0.1, 0.15) is 64.7 Å². The fourth-order valence-electron chi connectivity index (χ4n) is 2.52. The van der Waals surface area contributed by atoms with Gasteiger partial charge in [0.1, 0.15) is 6.10 Å². The molecule has 0 rings (SSSR count). The first kappa shape index (κ1) is 28.5. The van der Waals surface area contributed by atoms with Gasteiger partial charge in [0.15, 0.2) is 0 Å². The van der Waals surface area contributed by atoms with E-state index in [4.69, 9.17) is 9.79 Å². The van der Waals surface area contributed by atoms with E-state index in [1.165, 1.54) is 0 Å². The number of hydrogen-bond acceptors (Lipinski definition) is 2. The zero-order chi connectivity index (χ0) is 23.1. The maximum Gasteiger partial charge on any atom is 0.470 e. The Balaban J connectivity index is 5.26. The minimum Gasteiger partial charge on any atom is -0.303 e. The summed E-state index contributed by atoms with van der Waals surface area (Å²) < 4.78 is 132. The average molecular weight is 470 g/mol. The van der Waals surface area contributed by atoms with E-state index in [9.17, 15) is 44.1 Å². The first-order valence-corrected chi connectivity index (χ1v) is 10.4. The molecule has 0 aromatic heterocycles. The van der Waals surface area contributed by atoms with Gasteiger partial charge in [-0.2, -0.15) is 39.5 Å². The van der Waals surface area contributed by atoms with Gasteiger partial charge in [-0.3, -0.25) is 4.52 Å². The van der Waals surface area contributed by atoms with Crippen LogP contribution in [0, 0.1) is 0 Å². The van der Waals surface area contributed by atoms with Crippen molar-refractivity contribution in [1.82, 2.24) is 0 Å². The summed E-state index contributed by atoms with van der Waals surface area (Å²) in [5.41, 5.74) is 0. The Bertz CT molecular complexity index is 534. The van der Waals surface area contributed by atoms with Crippen LogP contribution in [0.5, 0.6) is 0 Å². The van der Waals surface area contributed by atoms with Gasteiger partial charge in [0.25, 0.3) is 0 Å². The van der Waals surface area contributed by atoms with Crippen molar-refractivity contribution in [2.24, 2.45) is 0 Å². The molecule has 176 valence electrons. The molecule has 1 atom stereocenters. The summed E-state index contributed by atoms with van der Waals surface area (Å²) in [5.74, 6) is -20.4. The standard InChI is InChI=1S/C15H24F9O4P/c1-2-3-4-5-6-7-8-9-10-11(28-29(25,26)27)12(16,17)13(18,19)14(20,21)15(22,23)24/h11H,2-10H2,1H3,(H2,25,26,27). The fraction of sp³-hybridized carbons (Fsp3) is 1.00. The minimum atomic E-state index is -7.15. The Morgan fingerprint density at radius 2 is 1.17 bits per heavy atom. The third-order valence-corrected chi connectivity index (χ3v) is 4.69. The van der Waals surface area contributed by atoms with Crippen LogP contribution in [0.25, 0.3) is 0 Å². The topological polar surface area (TPSA) is 66.8 Å². The molecule has 0 amide bonds. The number of phosphoric ester groups is 1. The van der Waals surface area contributed by atoms with E-state index in [-0.39, 0.29) is 6.42 Å². The second-order valence-electron chi connectivity index (χ2n) is 6.62. The lowest BCUT2D eigenvalue weighted by Gasteiger charge is -2.37. The predicted molar refractivity (Wildman–Crippen MR) is 85.0 cm³/mol. The van der Waals surface area contributed by atoms with Gasteiger partial charge in [-0.15, -0.1) is 0 Å². The van der Waals surface area contributed by atoms with Crippen molar-refractivity contribution in [2.75, 3.05) is 0 Å². The summed E-state index contributed by atoms with van der Waals surface area (Å²) in [6, 6.07) is 0. The summed E-state index contributed by atoms with van der Waals surface area (Å²) in [7, 11) is -5.89. The molecule has 0 spiro atoms. The maximum absolute atomic E-state index is 13.9. The van der Waals surface area contributed by atoms with Crippen LogP contribution < -0.4 is 0 Å². The van der Waals surface area contributed by atoms with Crippen LogP contribution in [0.3, 0.4) is 0 Å². The number of unbranched alkanes of at least 4 members (excludes halogenated alkanes) is 7. The largest absolute Gasteiger partial charge is 0.470 e. The molecule has 1 unspecified atom stereocenters. The average Bonchev–Trinajstić information content (AvgIpc) is 2.53. The number of halogens is 9. The van der Waals surface area contributed by atoms with Crippen molar-refractivity contribution < 1.29 is 58.4 Å². The SMILES string of the molecule is CCCCCCCCCCC(OP(=O)(O)O)C(F)(F)C(F)(F)C(F)(F)C(F)(F)F. The highest BCUT2D eigenvalue weighted by atomic mass is 31.2. The molecular formula is C15H24F9O4P. The van der Waals surface area contributed by atoms with E-state index in [1.54, 1.807) is 0 Å². The Morgan fingerprint density at radius 3 is 1.55 bits per heavy atom. The number of alkyl halides is 9. The fourth-order valence-corrected chi connectivity index (χ4v) is 3.09. The molecule has 0 aromatic rings. The molecule has 29 heavy (non-hydrogen) atoms. The van der Waals surface area contributed by atoms with Crippen LogP contribution in [0.4, 0.5) is 39.5 Å². The number of rotatable bonds is 14. The zero-order valence-corrected chi connectivity index (χ0v) is 16.4. The van der Waals surface area contributed by atoms with Crippen molar-refractivity contribution in [3.05, 3.63) is 0 Å². The molecule has 4 nitrogen and oxygen atoms in total. The molecule has 0 radical (unpaired) electrons. The Labute approximate surface area is 162 Å². The summed E-state index contributed by atoms with van der Waals surface area (Å²) >= 11 is 0. The summed E-state index contributed by atoms with van der Waals surface area (Å²) in [6.45, 7) is 1.97. The van der Waals surface area contributed by atoms with E-state index in [2.05, 4.69) is 4.52 Å². The maximum atomic E-state index is 13.9. The third kappa shape index (κ3) is 7.91. The van der Waals surface area contributed by atoms with Gasteiger partial charge >= 0.3 is 31.8 Å². The zero-order valence-electron chi connectivity index (χ0n) is 15.5. The van der Waals surface area contributed by atoms with Crippen molar-refractivity contribution in [3.8, 4) is 0 Å². The normalized spacial score (nSPS) is 15.6. The molecule has 0 heterocycles. The molecule has 0 bridgehead atoms. The van der Waals surface area contributed by atoms with Gasteiger partial charge in [0.05, 0.1) is 0 Å². The number of phosphoric acid groups is 1. The van der Waals surface area contributed by atoms with Crippen molar-refractivity contribution in [1.29, 1.82) is 0 Å². The molecule has 0 aliphatic rings. The summed E-state index contributed by atoms with van der Waals surface area (Å²) in [4.78, 5) is 17.2. The van der Waals surface area contributed by atoms with Gasteiger partial charge in [-0.1, -0.05) is 58.3 Å². The lowest BCUT2D eigenvalue weighted by Crippen LogP contribution is -2.64. The van der Waals surface area contributed by atoms with E-state index in [0.717, 1.165) is 25.7 Å². The summed E-state index contributed by atoms with van der Waals surface area (Å²) in [6.07, 6.45) is -7.44. The van der Waals surface area contributed by atoms with Crippen molar-refractivity contribution >= 4 is 7.82 Å². The second-order valence-corrected chi connectivity index (χ2v) is 7.81. The van der Waals surface area contributed by atoms with Crippen LogP contribution in [0.2, 0.25) is 0 Å². The molecule has 0 aliphatic heterocycles. The Morgan fingerprint density at radius 1 is 0.759 bits per heavy atom.